The summed E-state index contributed by atoms with van der Waals surface area (Å²) in [7, 11) is 0. The monoisotopic (exact) mass is 163 g/mol. The largest absolute Gasteiger partial charge is 0.197 e. The first-order chi connectivity index (χ1) is 5.74. The van der Waals surface area contributed by atoms with E-state index in [1.165, 1.54) is 0 Å². The smallest absolute Gasteiger partial charge is 0.0785 e. The molecule has 0 heterocycles. The highest BCUT2D eigenvalue weighted by Gasteiger charge is 2.21. The van der Waals surface area contributed by atoms with Crippen molar-refractivity contribution in [1.29, 1.82) is 5.26 Å². The quantitative estimate of drug-likeness (QED) is 0.582. The second-order valence-electron chi connectivity index (χ2n) is 2.89. The van der Waals surface area contributed by atoms with Crippen molar-refractivity contribution in [3.05, 3.63) is 24.3 Å². The Bertz CT molecular complexity index is 208. The van der Waals surface area contributed by atoms with E-state index in [0.29, 0.717) is 0 Å². The van der Waals surface area contributed by atoms with Crippen molar-refractivity contribution >= 4 is 0 Å². The number of hydrogen-bond acceptors (Lipinski definition) is 1. The summed E-state index contributed by atoms with van der Waals surface area (Å²) in [5.74, 6) is 0. The summed E-state index contributed by atoms with van der Waals surface area (Å²) in [6.45, 7) is 5.98. The standard InChI is InChI=1S/C11H17N/c1-4-7-9-11(6-3,10-12)8-5-2/h4-5,7-8H,6,9H2,1-3H3/b7-4+,8-5-. The molecule has 1 heteroatoms. The molecule has 0 aromatic heterocycles. The summed E-state index contributed by atoms with van der Waals surface area (Å²) in [5, 5.41) is 9.00. The molecule has 1 unspecified atom stereocenters. The van der Waals surface area contributed by atoms with Gasteiger partial charge in [0.1, 0.15) is 0 Å². The van der Waals surface area contributed by atoms with Crippen LogP contribution in [0.15, 0.2) is 24.3 Å². The van der Waals surface area contributed by atoms with Crippen molar-refractivity contribution in [2.75, 3.05) is 0 Å². The van der Waals surface area contributed by atoms with Crippen LogP contribution in [-0.4, -0.2) is 0 Å². The third-order valence-corrected chi connectivity index (χ3v) is 2.06. The van der Waals surface area contributed by atoms with Gasteiger partial charge in [-0.3, -0.25) is 0 Å². The summed E-state index contributed by atoms with van der Waals surface area (Å²) in [6, 6.07) is 2.36. The Morgan fingerprint density at radius 3 is 2.33 bits per heavy atom. The topological polar surface area (TPSA) is 23.8 Å². The second-order valence-corrected chi connectivity index (χ2v) is 2.89. The van der Waals surface area contributed by atoms with Gasteiger partial charge in [0.2, 0.25) is 0 Å². The van der Waals surface area contributed by atoms with Gasteiger partial charge < -0.3 is 0 Å². The molecule has 0 amide bonds. The predicted molar refractivity (Wildman–Crippen MR) is 52.6 cm³/mol. The van der Waals surface area contributed by atoms with Crippen LogP contribution in [0.1, 0.15) is 33.6 Å². The highest BCUT2D eigenvalue weighted by molar-refractivity contribution is 5.14. The van der Waals surface area contributed by atoms with E-state index in [9.17, 15) is 0 Å². The van der Waals surface area contributed by atoms with Gasteiger partial charge in [0.05, 0.1) is 11.5 Å². The Morgan fingerprint density at radius 2 is 2.00 bits per heavy atom. The third-order valence-electron chi connectivity index (χ3n) is 2.06. The summed E-state index contributed by atoms with van der Waals surface area (Å²) in [6.07, 6.45) is 9.68. The molecule has 0 fully saturated rings. The highest BCUT2D eigenvalue weighted by atomic mass is 14.3. The fourth-order valence-electron chi connectivity index (χ4n) is 1.14. The van der Waals surface area contributed by atoms with E-state index in [1.807, 2.05) is 45.1 Å². The molecular formula is C11H17N. The molecule has 0 aliphatic carbocycles. The van der Waals surface area contributed by atoms with E-state index in [2.05, 4.69) is 6.07 Å². The first kappa shape index (κ1) is 11.0. The van der Waals surface area contributed by atoms with Crippen LogP contribution in [0.5, 0.6) is 0 Å². The maximum atomic E-state index is 9.00. The van der Waals surface area contributed by atoms with Gasteiger partial charge >= 0.3 is 0 Å². The molecule has 0 bridgehead atoms. The molecule has 0 aliphatic heterocycles. The van der Waals surface area contributed by atoms with Gasteiger partial charge in [-0.1, -0.05) is 31.2 Å². The fraction of sp³-hybridized carbons (Fsp3) is 0.545. The van der Waals surface area contributed by atoms with Crippen LogP contribution >= 0.6 is 0 Å². The molecule has 1 nitrogen and oxygen atoms in total. The average Bonchev–Trinajstić information content (AvgIpc) is 2.13. The summed E-state index contributed by atoms with van der Waals surface area (Å²) >= 11 is 0. The zero-order valence-corrected chi connectivity index (χ0v) is 8.17. The van der Waals surface area contributed by atoms with Crippen molar-refractivity contribution in [3.63, 3.8) is 0 Å². The van der Waals surface area contributed by atoms with Gasteiger partial charge in [-0.25, -0.2) is 0 Å². The number of rotatable bonds is 4. The van der Waals surface area contributed by atoms with Crippen molar-refractivity contribution in [2.24, 2.45) is 5.41 Å². The molecule has 0 aliphatic rings. The zero-order valence-electron chi connectivity index (χ0n) is 8.17. The molecule has 0 spiro atoms. The van der Waals surface area contributed by atoms with Crippen LogP contribution in [0.25, 0.3) is 0 Å². The van der Waals surface area contributed by atoms with Crippen LogP contribution in [0.2, 0.25) is 0 Å². The Balaban J connectivity index is 4.49. The van der Waals surface area contributed by atoms with Gasteiger partial charge in [0.25, 0.3) is 0 Å². The van der Waals surface area contributed by atoms with E-state index in [4.69, 9.17) is 5.26 Å². The van der Waals surface area contributed by atoms with E-state index in [1.54, 1.807) is 0 Å². The van der Waals surface area contributed by atoms with Crippen molar-refractivity contribution in [3.8, 4) is 6.07 Å². The minimum atomic E-state index is -0.277. The lowest BCUT2D eigenvalue weighted by Gasteiger charge is -2.18. The summed E-state index contributed by atoms with van der Waals surface area (Å²) in [4.78, 5) is 0. The normalized spacial score (nSPS) is 16.5. The van der Waals surface area contributed by atoms with Crippen LogP contribution in [-0.2, 0) is 0 Å². The lowest BCUT2D eigenvalue weighted by Crippen LogP contribution is -2.12. The number of nitrogens with zero attached hydrogens (tertiary/aromatic N) is 1. The Morgan fingerprint density at radius 1 is 1.33 bits per heavy atom. The Labute approximate surface area is 75.4 Å². The van der Waals surface area contributed by atoms with Crippen molar-refractivity contribution < 1.29 is 0 Å². The lowest BCUT2D eigenvalue weighted by molar-refractivity contribution is 0.494. The number of nitriles is 1. The van der Waals surface area contributed by atoms with E-state index >= 15 is 0 Å². The first-order valence-corrected chi connectivity index (χ1v) is 4.41. The molecule has 0 N–H and O–H groups in total. The van der Waals surface area contributed by atoms with Crippen molar-refractivity contribution in [2.45, 2.75) is 33.6 Å². The molecule has 0 saturated carbocycles. The average molecular weight is 163 g/mol. The molecule has 0 aromatic carbocycles. The highest BCUT2D eigenvalue weighted by Crippen LogP contribution is 2.27. The lowest BCUT2D eigenvalue weighted by atomic mass is 9.83. The Kier molecular flexibility index (Phi) is 5.12. The molecule has 0 radical (unpaired) electrons. The number of allylic oxidation sites excluding steroid dienone is 4. The minimum absolute atomic E-state index is 0.277. The predicted octanol–water partition coefficient (Wildman–Crippen LogP) is 3.45. The van der Waals surface area contributed by atoms with E-state index in [0.717, 1.165) is 12.8 Å². The van der Waals surface area contributed by atoms with Crippen molar-refractivity contribution in [1.82, 2.24) is 0 Å². The zero-order chi connectivity index (χ0) is 9.45. The van der Waals surface area contributed by atoms with Crippen LogP contribution in [0.4, 0.5) is 0 Å². The van der Waals surface area contributed by atoms with Gasteiger partial charge in [-0.2, -0.15) is 5.26 Å². The molecule has 0 aromatic rings. The summed E-state index contributed by atoms with van der Waals surface area (Å²) in [5.41, 5.74) is -0.277. The van der Waals surface area contributed by atoms with E-state index in [-0.39, 0.29) is 5.41 Å². The number of hydrogen-bond donors (Lipinski definition) is 0. The fourth-order valence-corrected chi connectivity index (χ4v) is 1.14. The third kappa shape index (κ3) is 2.92. The second kappa shape index (κ2) is 5.60. The minimum Gasteiger partial charge on any atom is -0.197 e. The van der Waals surface area contributed by atoms with Gasteiger partial charge in [0, 0.05) is 0 Å². The SMILES string of the molecule is C/C=C\C(C#N)(CC)C/C=C/C. The maximum Gasteiger partial charge on any atom is 0.0785 e. The summed E-state index contributed by atoms with van der Waals surface area (Å²) < 4.78 is 0. The van der Waals surface area contributed by atoms with Gasteiger partial charge in [-0.15, -0.1) is 0 Å². The molecule has 12 heavy (non-hydrogen) atoms. The maximum absolute atomic E-state index is 9.00. The molecule has 66 valence electrons. The molecular weight excluding hydrogens is 146 g/mol. The molecule has 0 saturated heterocycles. The van der Waals surface area contributed by atoms with Gasteiger partial charge in [-0.05, 0) is 26.7 Å². The van der Waals surface area contributed by atoms with Crippen LogP contribution < -0.4 is 0 Å². The van der Waals surface area contributed by atoms with Crippen LogP contribution in [0.3, 0.4) is 0 Å². The van der Waals surface area contributed by atoms with Crippen LogP contribution in [0, 0.1) is 16.7 Å². The Hall–Kier alpha value is -1.03. The van der Waals surface area contributed by atoms with Gasteiger partial charge in [0.15, 0.2) is 0 Å². The first-order valence-electron chi connectivity index (χ1n) is 4.41. The van der Waals surface area contributed by atoms with E-state index < -0.39 is 0 Å². The molecule has 0 rings (SSSR count). The molecule has 1 atom stereocenters.